The lowest BCUT2D eigenvalue weighted by Crippen LogP contribution is -2.20. The molecule has 0 saturated carbocycles. The molecule has 0 bridgehead atoms. The number of nitrogens with one attached hydrogen (secondary N) is 1. The molecular weight excluding hydrogens is 450 g/mol. The van der Waals surface area contributed by atoms with Gasteiger partial charge in [0.05, 0.1) is 12.0 Å². The van der Waals surface area contributed by atoms with Gasteiger partial charge in [-0.15, -0.1) is 10.2 Å². The summed E-state index contributed by atoms with van der Waals surface area (Å²) in [5.74, 6) is 0.712. The van der Waals surface area contributed by atoms with Crippen molar-refractivity contribution in [2.75, 3.05) is 5.75 Å². The predicted octanol–water partition coefficient (Wildman–Crippen LogP) is 4.53. The van der Waals surface area contributed by atoms with Crippen LogP contribution >= 0.6 is 27.7 Å². The van der Waals surface area contributed by atoms with Crippen LogP contribution in [0.2, 0.25) is 0 Å². The molecule has 0 unspecified atom stereocenters. The van der Waals surface area contributed by atoms with E-state index in [1.807, 2.05) is 66.1 Å². The Morgan fingerprint density at radius 2 is 1.93 bits per heavy atom. The first-order valence-electron chi connectivity index (χ1n) is 8.86. The van der Waals surface area contributed by atoms with Crippen molar-refractivity contribution in [3.05, 3.63) is 76.8 Å². The van der Waals surface area contributed by atoms with Crippen molar-refractivity contribution < 1.29 is 4.79 Å². The molecule has 3 aromatic rings. The number of nitrogens with zero attached hydrogens (tertiary/aromatic N) is 4. The Balaban J connectivity index is 1.66. The average molecular weight is 470 g/mol. The number of halogens is 1. The molecule has 148 valence electrons. The normalized spacial score (nSPS) is 11.0. The largest absolute Gasteiger partial charge is 0.298 e. The highest BCUT2D eigenvalue weighted by Crippen LogP contribution is 2.26. The summed E-state index contributed by atoms with van der Waals surface area (Å²) in [6.07, 6.45) is 1.61. The molecule has 0 saturated heterocycles. The van der Waals surface area contributed by atoms with E-state index in [9.17, 15) is 4.79 Å². The summed E-state index contributed by atoms with van der Waals surface area (Å²) in [7, 11) is 0. The van der Waals surface area contributed by atoms with E-state index in [0.29, 0.717) is 11.7 Å². The molecule has 0 aliphatic heterocycles. The molecule has 3 rings (SSSR count). The molecule has 1 N–H and O–H groups in total. The van der Waals surface area contributed by atoms with Gasteiger partial charge in [0, 0.05) is 16.6 Å². The second kappa shape index (κ2) is 10.2. The fourth-order valence-electron chi connectivity index (χ4n) is 2.50. The van der Waals surface area contributed by atoms with Gasteiger partial charge >= 0.3 is 0 Å². The monoisotopic (exact) mass is 469 g/mol. The zero-order chi connectivity index (χ0) is 20.6. The molecule has 29 heavy (non-hydrogen) atoms. The number of allylic oxidation sites excluding steroid dienone is 1. The Hall–Kier alpha value is -2.71. The topological polar surface area (TPSA) is 72.2 Å². The van der Waals surface area contributed by atoms with E-state index in [2.05, 4.69) is 43.2 Å². The van der Waals surface area contributed by atoms with Crippen LogP contribution in [0.5, 0.6) is 0 Å². The highest BCUT2D eigenvalue weighted by Gasteiger charge is 2.15. The van der Waals surface area contributed by atoms with Crippen LogP contribution in [0.25, 0.3) is 11.4 Å². The van der Waals surface area contributed by atoms with E-state index >= 15 is 0 Å². The van der Waals surface area contributed by atoms with E-state index < -0.39 is 0 Å². The summed E-state index contributed by atoms with van der Waals surface area (Å²) < 4.78 is 2.96. The van der Waals surface area contributed by atoms with E-state index in [-0.39, 0.29) is 11.7 Å². The molecule has 2 aromatic carbocycles. The minimum Gasteiger partial charge on any atom is -0.298 e. The SMILES string of the molecule is C=C(C)Cn1c(SCC(=O)N/N=C\c2ccccc2)nnc1-c1ccc(Br)cc1. The van der Waals surface area contributed by atoms with Crippen LogP contribution in [-0.2, 0) is 11.3 Å². The van der Waals surface area contributed by atoms with E-state index in [1.165, 1.54) is 11.8 Å². The predicted molar refractivity (Wildman–Crippen MR) is 121 cm³/mol. The maximum atomic E-state index is 12.1. The van der Waals surface area contributed by atoms with E-state index in [4.69, 9.17) is 0 Å². The summed E-state index contributed by atoms with van der Waals surface area (Å²) >= 11 is 4.76. The first kappa shape index (κ1) is 21.0. The number of rotatable bonds is 8. The molecular formula is C21H20BrN5OS. The van der Waals surface area contributed by atoms with Gasteiger partial charge in [0.1, 0.15) is 0 Å². The average Bonchev–Trinajstić information content (AvgIpc) is 3.09. The van der Waals surface area contributed by atoms with Gasteiger partial charge in [-0.2, -0.15) is 5.10 Å². The second-order valence-corrected chi connectivity index (χ2v) is 8.21. The third-order valence-corrected chi connectivity index (χ3v) is 5.28. The third kappa shape index (κ3) is 6.13. The van der Waals surface area contributed by atoms with Crippen molar-refractivity contribution in [3.63, 3.8) is 0 Å². The molecule has 1 aromatic heterocycles. The van der Waals surface area contributed by atoms with Crippen molar-refractivity contribution in [1.29, 1.82) is 0 Å². The summed E-state index contributed by atoms with van der Waals surface area (Å²) in [6.45, 7) is 6.52. The van der Waals surface area contributed by atoms with E-state index in [0.717, 1.165) is 27.0 Å². The Labute approximate surface area is 182 Å². The van der Waals surface area contributed by atoms with Gasteiger partial charge < -0.3 is 0 Å². The molecule has 1 heterocycles. The first-order chi connectivity index (χ1) is 14.0. The number of hydrogen-bond acceptors (Lipinski definition) is 5. The standard InChI is InChI=1S/C21H20BrN5OS/c1-15(2)13-27-20(17-8-10-18(22)11-9-17)25-26-21(27)29-14-19(28)24-23-12-16-6-4-3-5-7-16/h3-12H,1,13-14H2,2H3,(H,24,28)/b23-12-. The maximum absolute atomic E-state index is 12.1. The van der Waals surface area contributed by atoms with Crippen molar-refractivity contribution in [2.24, 2.45) is 5.10 Å². The second-order valence-electron chi connectivity index (χ2n) is 6.35. The number of carbonyl (C=O) groups is 1. The number of amides is 1. The van der Waals surface area contributed by atoms with Gasteiger partial charge in [-0.1, -0.05) is 82.3 Å². The van der Waals surface area contributed by atoms with Crippen LogP contribution < -0.4 is 5.43 Å². The molecule has 1 amide bonds. The van der Waals surface area contributed by atoms with Crippen molar-refractivity contribution in [3.8, 4) is 11.4 Å². The number of benzene rings is 2. The minimum absolute atomic E-state index is 0.181. The quantitative estimate of drug-likeness (QED) is 0.227. The number of thioether (sulfide) groups is 1. The van der Waals surface area contributed by atoms with Crippen molar-refractivity contribution in [1.82, 2.24) is 20.2 Å². The highest BCUT2D eigenvalue weighted by molar-refractivity contribution is 9.10. The van der Waals surface area contributed by atoms with Crippen LogP contribution in [0.15, 0.2) is 81.5 Å². The Bertz CT molecular complexity index is 1020. The van der Waals surface area contributed by atoms with Gasteiger partial charge in [-0.25, -0.2) is 5.43 Å². The van der Waals surface area contributed by atoms with Crippen LogP contribution in [-0.4, -0.2) is 32.6 Å². The molecule has 8 heteroatoms. The van der Waals surface area contributed by atoms with Crippen LogP contribution in [0.3, 0.4) is 0 Å². The van der Waals surface area contributed by atoms with Crippen LogP contribution in [0.4, 0.5) is 0 Å². The van der Waals surface area contributed by atoms with Gasteiger partial charge in [0.15, 0.2) is 11.0 Å². The Morgan fingerprint density at radius 1 is 1.21 bits per heavy atom. The summed E-state index contributed by atoms with van der Waals surface area (Å²) in [4.78, 5) is 12.1. The molecule has 0 spiro atoms. The Morgan fingerprint density at radius 3 is 2.62 bits per heavy atom. The van der Waals surface area contributed by atoms with Crippen LogP contribution in [0, 0.1) is 0 Å². The summed E-state index contributed by atoms with van der Waals surface area (Å²) in [5, 5.41) is 13.2. The van der Waals surface area contributed by atoms with Gasteiger partial charge in [0.2, 0.25) is 0 Å². The van der Waals surface area contributed by atoms with Crippen molar-refractivity contribution in [2.45, 2.75) is 18.6 Å². The lowest BCUT2D eigenvalue weighted by molar-refractivity contribution is -0.118. The van der Waals surface area contributed by atoms with Gasteiger partial charge in [-0.05, 0) is 24.6 Å². The van der Waals surface area contributed by atoms with Crippen molar-refractivity contribution >= 4 is 39.8 Å². The summed E-state index contributed by atoms with van der Waals surface area (Å²) in [5.41, 5.74) is 5.38. The summed E-state index contributed by atoms with van der Waals surface area (Å²) in [6, 6.07) is 17.4. The smallest absolute Gasteiger partial charge is 0.250 e. The fourth-order valence-corrected chi connectivity index (χ4v) is 3.50. The van der Waals surface area contributed by atoms with Gasteiger partial charge in [0.25, 0.3) is 5.91 Å². The minimum atomic E-state index is -0.211. The maximum Gasteiger partial charge on any atom is 0.250 e. The van der Waals surface area contributed by atoms with E-state index in [1.54, 1.807) is 6.21 Å². The number of carbonyl (C=O) groups excluding carboxylic acids is 1. The molecule has 0 aliphatic carbocycles. The zero-order valence-electron chi connectivity index (χ0n) is 15.9. The van der Waals surface area contributed by atoms with Crippen LogP contribution in [0.1, 0.15) is 12.5 Å². The molecule has 0 atom stereocenters. The third-order valence-electron chi connectivity index (χ3n) is 3.78. The molecule has 0 radical (unpaired) electrons. The zero-order valence-corrected chi connectivity index (χ0v) is 18.3. The number of hydrogen-bond donors (Lipinski definition) is 1. The number of aromatic nitrogens is 3. The lowest BCUT2D eigenvalue weighted by atomic mass is 10.2. The molecule has 6 nitrogen and oxygen atoms in total. The molecule has 0 aliphatic rings. The lowest BCUT2D eigenvalue weighted by Gasteiger charge is -2.10. The Kier molecular flexibility index (Phi) is 7.37. The first-order valence-corrected chi connectivity index (χ1v) is 10.6. The molecule has 0 fully saturated rings. The van der Waals surface area contributed by atoms with Gasteiger partial charge in [-0.3, -0.25) is 9.36 Å². The highest BCUT2D eigenvalue weighted by atomic mass is 79.9. The fraction of sp³-hybridized carbons (Fsp3) is 0.143. The number of hydrazone groups is 1.